The summed E-state index contributed by atoms with van der Waals surface area (Å²) in [5.41, 5.74) is 14.0. The highest BCUT2D eigenvalue weighted by atomic mass is 35.5. The molecule has 1 aliphatic carbocycles. The van der Waals surface area contributed by atoms with Gasteiger partial charge in [0.1, 0.15) is 0 Å². The molecule has 0 aromatic heterocycles. The van der Waals surface area contributed by atoms with E-state index in [0.29, 0.717) is 23.5 Å². The van der Waals surface area contributed by atoms with Gasteiger partial charge in [0.2, 0.25) is 5.91 Å². The molecule has 130 valence electrons. The van der Waals surface area contributed by atoms with Gasteiger partial charge in [-0.15, -0.1) is 0 Å². The average Bonchev–Trinajstić information content (AvgIpc) is 3.24. The van der Waals surface area contributed by atoms with Crippen LogP contribution in [0.15, 0.2) is 24.3 Å². The predicted octanol–water partition coefficient (Wildman–Crippen LogP) is 0.866. The molecule has 5 atom stereocenters. The summed E-state index contributed by atoms with van der Waals surface area (Å²) in [5.74, 6) is 0.648. The fourth-order valence-electron chi connectivity index (χ4n) is 4.17. The Hall–Kier alpha value is -1.18. The Morgan fingerprint density at radius 2 is 1.88 bits per heavy atom. The van der Waals surface area contributed by atoms with Crippen molar-refractivity contribution in [3.63, 3.8) is 0 Å². The second-order valence-corrected chi connectivity index (χ2v) is 7.51. The molecule has 3 fully saturated rings. The second-order valence-electron chi connectivity index (χ2n) is 7.07. The summed E-state index contributed by atoms with van der Waals surface area (Å²) in [4.78, 5) is 12.8. The van der Waals surface area contributed by atoms with Crippen LogP contribution in [0.25, 0.3) is 0 Å². The van der Waals surface area contributed by atoms with Gasteiger partial charge in [-0.3, -0.25) is 21.1 Å². The van der Waals surface area contributed by atoms with E-state index < -0.39 is 0 Å². The number of amides is 1. The number of rotatable bonds is 3. The fraction of sp³-hybridized carbons (Fsp3) is 0.588. The number of hydrogen-bond donors (Lipinski definition) is 5. The van der Waals surface area contributed by atoms with Gasteiger partial charge < -0.3 is 5.32 Å². The van der Waals surface area contributed by atoms with Gasteiger partial charge in [-0.1, -0.05) is 23.7 Å². The van der Waals surface area contributed by atoms with Crippen LogP contribution in [0, 0.1) is 11.8 Å². The highest BCUT2D eigenvalue weighted by molar-refractivity contribution is 6.30. The van der Waals surface area contributed by atoms with Gasteiger partial charge in [0.05, 0.1) is 12.0 Å². The summed E-state index contributed by atoms with van der Waals surface area (Å²) in [7, 11) is 0. The van der Waals surface area contributed by atoms with E-state index in [1.807, 2.05) is 24.3 Å². The van der Waals surface area contributed by atoms with Crippen LogP contribution in [0.1, 0.15) is 30.9 Å². The summed E-state index contributed by atoms with van der Waals surface area (Å²) >= 11 is 5.96. The molecule has 6 nitrogen and oxygen atoms in total. The Morgan fingerprint density at radius 3 is 2.71 bits per heavy atom. The van der Waals surface area contributed by atoms with E-state index in [0.717, 1.165) is 31.4 Å². The van der Waals surface area contributed by atoms with Gasteiger partial charge >= 0.3 is 0 Å². The van der Waals surface area contributed by atoms with Crippen LogP contribution >= 0.6 is 11.6 Å². The summed E-state index contributed by atoms with van der Waals surface area (Å²) in [6, 6.07) is 8.53. The SMILES string of the molecule is O=C(NC1CCC2NNCC2C1)C1CNNC1c1ccc(Cl)cc1. The maximum atomic E-state index is 12.8. The van der Waals surface area contributed by atoms with Crippen LogP contribution < -0.4 is 27.0 Å². The summed E-state index contributed by atoms with van der Waals surface area (Å²) < 4.78 is 0. The number of carbonyl (C=O) groups is 1. The minimum Gasteiger partial charge on any atom is -0.353 e. The topological polar surface area (TPSA) is 77.2 Å². The summed E-state index contributed by atoms with van der Waals surface area (Å²) in [5, 5.41) is 3.99. The Balaban J connectivity index is 1.39. The molecule has 0 bridgehead atoms. The van der Waals surface area contributed by atoms with E-state index in [2.05, 4.69) is 27.0 Å². The van der Waals surface area contributed by atoms with Gasteiger partial charge in [0.25, 0.3) is 0 Å². The molecule has 24 heavy (non-hydrogen) atoms. The third-order valence-electron chi connectivity index (χ3n) is 5.53. The normalized spacial score (nSPS) is 35.6. The highest BCUT2D eigenvalue weighted by Gasteiger charge is 2.38. The van der Waals surface area contributed by atoms with Crippen LogP contribution in [-0.4, -0.2) is 31.1 Å². The molecular formula is C17H24ClN5O. The third kappa shape index (κ3) is 3.30. The molecule has 1 saturated carbocycles. The predicted molar refractivity (Wildman–Crippen MR) is 93.0 cm³/mol. The number of nitrogens with one attached hydrogen (secondary N) is 5. The van der Waals surface area contributed by atoms with E-state index in [9.17, 15) is 4.79 Å². The number of benzene rings is 1. The monoisotopic (exact) mass is 349 g/mol. The minimum absolute atomic E-state index is 0.0200. The first-order chi connectivity index (χ1) is 11.7. The van der Waals surface area contributed by atoms with Gasteiger partial charge in [-0.25, -0.2) is 5.43 Å². The number of hydrazine groups is 2. The lowest BCUT2D eigenvalue weighted by molar-refractivity contribution is -0.126. The van der Waals surface area contributed by atoms with Crippen molar-refractivity contribution >= 4 is 17.5 Å². The fourth-order valence-corrected chi connectivity index (χ4v) is 4.29. The first kappa shape index (κ1) is 16.3. The van der Waals surface area contributed by atoms with Crippen molar-refractivity contribution in [1.82, 2.24) is 27.0 Å². The number of fused-ring (bicyclic) bond motifs is 1. The Labute approximate surface area is 147 Å². The third-order valence-corrected chi connectivity index (χ3v) is 5.78. The molecule has 2 heterocycles. The lowest BCUT2D eigenvalue weighted by Gasteiger charge is -2.32. The number of carbonyl (C=O) groups excluding carboxylic acids is 1. The molecule has 0 spiro atoms. The molecular weight excluding hydrogens is 326 g/mol. The molecule has 7 heteroatoms. The smallest absolute Gasteiger partial charge is 0.226 e. The number of halogens is 1. The zero-order valence-corrected chi connectivity index (χ0v) is 14.3. The van der Waals surface area contributed by atoms with Crippen LogP contribution in [0.5, 0.6) is 0 Å². The largest absolute Gasteiger partial charge is 0.353 e. The van der Waals surface area contributed by atoms with E-state index >= 15 is 0 Å². The van der Waals surface area contributed by atoms with Crippen molar-refractivity contribution in [3.8, 4) is 0 Å². The van der Waals surface area contributed by atoms with Crippen LogP contribution in [0.2, 0.25) is 5.02 Å². The Morgan fingerprint density at radius 1 is 1.08 bits per heavy atom. The van der Waals surface area contributed by atoms with E-state index in [1.54, 1.807) is 0 Å². The van der Waals surface area contributed by atoms with Gasteiger partial charge in [-0.2, -0.15) is 0 Å². The minimum atomic E-state index is -0.108. The lowest BCUT2D eigenvalue weighted by atomic mass is 9.82. The molecule has 5 unspecified atom stereocenters. The lowest BCUT2D eigenvalue weighted by Crippen LogP contribution is -2.46. The van der Waals surface area contributed by atoms with Crippen LogP contribution in [0.4, 0.5) is 0 Å². The second kappa shape index (κ2) is 6.98. The Bertz CT molecular complexity index is 595. The zero-order valence-electron chi connectivity index (χ0n) is 13.5. The first-order valence-electron chi connectivity index (χ1n) is 8.73. The molecule has 1 aromatic carbocycles. The molecule has 2 saturated heterocycles. The first-order valence-corrected chi connectivity index (χ1v) is 9.11. The van der Waals surface area contributed by atoms with E-state index in [-0.39, 0.29) is 23.9 Å². The van der Waals surface area contributed by atoms with Gasteiger partial charge in [0.15, 0.2) is 0 Å². The molecule has 4 rings (SSSR count). The highest BCUT2D eigenvalue weighted by Crippen LogP contribution is 2.29. The van der Waals surface area contributed by atoms with Gasteiger partial charge in [0, 0.05) is 30.2 Å². The van der Waals surface area contributed by atoms with Crippen LogP contribution in [-0.2, 0) is 4.79 Å². The average molecular weight is 350 g/mol. The van der Waals surface area contributed by atoms with Gasteiger partial charge in [-0.05, 0) is 42.9 Å². The molecule has 1 amide bonds. The maximum absolute atomic E-state index is 12.8. The van der Waals surface area contributed by atoms with Crippen molar-refractivity contribution in [2.75, 3.05) is 13.1 Å². The van der Waals surface area contributed by atoms with Crippen molar-refractivity contribution < 1.29 is 4.79 Å². The van der Waals surface area contributed by atoms with Crippen molar-refractivity contribution in [3.05, 3.63) is 34.9 Å². The summed E-state index contributed by atoms with van der Waals surface area (Å²) in [6.45, 7) is 1.64. The zero-order chi connectivity index (χ0) is 16.5. The Kier molecular flexibility index (Phi) is 4.74. The van der Waals surface area contributed by atoms with Crippen molar-refractivity contribution in [1.29, 1.82) is 0 Å². The summed E-state index contributed by atoms with van der Waals surface area (Å²) in [6.07, 6.45) is 3.21. The van der Waals surface area contributed by atoms with Crippen molar-refractivity contribution in [2.45, 2.75) is 37.4 Å². The van der Waals surface area contributed by atoms with Crippen LogP contribution in [0.3, 0.4) is 0 Å². The van der Waals surface area contributed by atoms with Crippen molar-refractivity contribution in [2.24, 2.45) is 11.8 Å². The standard InChI is InChI=1S/C17H24ClN5O/c18-12-3-1-10(2-4-12)16-14(9-20-23-16)17(24)21-13-5-6-15-11(7-13)8-19-22-15/h1-4,11,13-16,19-20,22-23H,5-9H2,(H,21,24). The molecule has 2 aliphatic heterocycles. The van der Waals surface area contributed by atoms with E-state index in [4.69, 9.17) is 11.6 Å². The molecule has 3 aliphatic rings. The van der Waals surface area contributed by atoms with E-state index in [1.165, 1.54) is 0 Å². The molecule has 1 aromatic rings. The molecule has 5 N–H and O–H groups in total. The molecule has 0 radical (unpaired) electrons. The number of hydrogen-bond acceptors (Lipinski definition) is 5. The maximum Gasteiger partial charge on any atom is 0.226 e. The quantitative estimate of drug-likeness (QED) is 0.560.